The number of carbonyl (C=O) groups is 1. The molecule has 0 saturated heterocycles. The van der Waals surface area contributed by atoms with Gasteiger partial charge in [-0.2, -0.15) is 0 Å². The number of nitro groups is 1. The van der Waals surface area contributed by atoms with Gasteiger partial charge in [-0.3, -0.25) is 10.1 Å². The Bertz CT molecular complexity index is 899. The highest BCUT2D eigenvalue weighted by Gasteiger charge is 2.26. The lowest BCUT2D eigenvalue weighted by atomic mass is 9.89. The van der Waals surface area contributed by atoms with Gasteiger partial charge in [0, 0.05) is 36.1 Å². The molecule has 2 aromatic rings. The summed E-state index contributed by atoms with van der Waals surface area (Å²) < 4.78 is 5.22. The Labute approximate surface area is 157 Å². The second kappa shape index (κ2) is 7.86. The normalized spacial score (nSPS) is 16.0. The van der Waals surface area contributed by atoms with Gasteiger partial charge >= 0.3 is 5.97 Å². The number of allylic oxidation sites excluding steroid dienone is 1. The third-order valence-corrected chi connectivity index (χ3v) is 4.36. The van der Waals surface area contributed by atoms with Crippen LogP contribution in [0.15, 0.2) is 72.6 Å². The fraction of sp³-hybridized carbons (Fsp3) is 0.190. The molecule has 1 aliphatic rings. The van der Waals surface area contributed by atoms with Crippen molar-refractivity contribution >= 4 is 17.3 Å². The number of esters is 1. The van der Waals surface area contributed by atoms with Crippen molar-refractivity contribution < 1.29 is 14.5 Å². The quantitative estimate of drug-likeness (QED) is 0.445. The van der Waals surface area contributed by atoms with Crippen molar-refractivity contribution in [3.05, 3.63) is 93.8 Å². The van der Waals surface area contributed by atoms with Gasteiger partial charge in [-0.25, -0.2) is 4.79 Å². The van der Waals surface area contributed by atoms with Crippen LogP contribution in [-0.4, -0.2) is 17.5 Å². The summed E-state index contributed by atoms with van der Waals surface area (Å²) >= 11 is 0. The van der Waals surface area contributed by atoms with E-state index < -0.39 is 10.9 Å². The minimum absolute atomic E-state index is 0.0153. The number of rotatable bonds is 5. The van der Waals surface area contributed by atoms with E-state index >= 15 is 0 Å². The van der Waals surface area contributed by atoms with Crippen LogP contribution in [0.2, 0.25) is 0 Å². The molecule has 6 nitrogen and oxygen atoms in total. The lowest BCUT2D eigenvalue weighted by Gasteiger charge is -2.26. The monoisotopic (exact) mass is 364 g/mol. The predicted octanol–water partition coefficient (Wildman–Crippen LogP) is 4.47. The zero-order chi connectivity index (χ0) is 19.4. The van der Waals surface area contributed by atoms with Crippen LogP contribution in [0.4, 0.5) is 11.4 Å². The van der Waals surface area contributed by atoms with Crippen molar-refractivity contribution in [2.45, 2.75) is 19.8 Å². The van der Waals surface area contributed by atoms with E-state index in [9.17, 15) is 14.9 Å². The van der Waals surface area contributed by atoms with Gasteiger partial charge in [0.15, 0.2) is 0 Å². The third-order valence-electron chi connectivity index (χ3n) is 4.36. The molecule has 0 spiro atoms. The van der Waals surface area contributed by atoms with Gasteiger partial charge in [0.2, 0.25) is 0 Å². The van der Waals surface area contributed by atoms with Crippen LogP contribution in [0.1, 0.15) is 24.0 Å². The number of hydrogen-bond donors (Lipinski definition) is 0. The van der Waals surface area contributed by atoms with E-state index in [1.165, 1.54) is 12.1 Å². The Hall–Kier alpha value is -3.41. The summed E-state index contributed by atoms with van der Waals surface area (Å²) in [5.74, 6) is -0.728. The molecule has 1 aliphatic heterocycles. The van der Waals surface area contributed by atoms with Crippen molar-refractivity contribution in [1.29, 1.82) is 0 Å². The van der Waals surface area contributed by atoms with Crippen LogP contribution >= 0.6 is 0 Å². The van der Waals surface area contributed by atoms with E-state index in [0.717, 1.165) is 16.8 Å². The predicted molar refractivity (Wildman–Crippen MR) is 103 cm³/mol. The van der Waals surface area contributed by atoms with Gasteiger partial charge in [-0.15, -0.1) is 0 Å². The largest absolute Gasteiger partial charge is 0.463 e. The van der Waals surface area contributed by atoms with E-state index in [1.807, 2.05) is 48.4 Å². The molecule has 1 heterocycles. The molecule has 6 heteroatoms. The number of aryl methyl sites for hydroxylation is 1. The molecular weight excluding hydrogens is 344 g/mol. The molecule has 2 aromatic carbocycles. The fourth-order valence-electron chi connectivity index (χ4n) is 2.92. The Morgan fingerprint density at radius 3 is 2.41 bits per heavy atom. The number of ether oxygens (including phenoxy) is 1. The zero-order valence-electron chi connectivity index (χ0n) is 15.2. The number of benzene rings is 2. The molecule has 138 valence electrons. The summed E-state index contributed by atoms with van der Waals surface area (Å²) in [4.78, 5) is 24.8. The molecule has 0 amide bonds. The first-order valence-corrected chi connectivity index (χ1v) is 8.66. The van der Waals surface area contributed by atoms with Gasteiger partial charge < -0.3 is 9.64 Å². The van der Waals surface area contributed by atoms with Gasteiger partial charge in [0.25, 0.3) is 5.69 Å². The minimum atomic E-state index is -0.443. The number of hydrogen-bond acceptors (Lipinski definition) is 5. The van der Waals surface area contributed by atoms with Crippen molar-refractivity contribution in [2.24, 2.45) is 0 Å². The Morgan fingerprint density at radius 2 is 1.81 bits per heavy atom. The number of carbonyl (C=O) groups excluding carboxylic acids is 1. The average molecular weight is 364 g/mol. The van der Waals surface area contributed by atoms with Crippen LogP contribution in [0.5, 0.6) is 0 Å². The first-order chi connectivity index (χ1) is 13.0. The number of anilines is 1. The van der Waals surface area contributed by atoms with Crippen LogP contribution in [0.25, 0.3) is 0 Å². The molecule has 1 unspecified atom stereocenters. The maximum atomic E-state index is 12.5. The summed E-state index contributed by atoms with van der Waals surface area (Å²) in [6.07, 6.45) is 5.54. The van der Waals surface area contributed by atoms with Crippen molar-refractivity contribution in [3.63, 3.8) is 0 Å². The first-order valence-electron chi connectivity index (χ1n) is 8.66. The third kappa shape index (κ3) is 4.06. The number of non-ortho nitro benzene ring substituents is 1. The average Bonchev–Trinajstić information content (AvgIpc) is 2.68. The summed E-state index contributed by atoms with van der Waals surface area (Å²) in [5, 5.41) is 10.9. The molecule has 0 aromatic heterocycles. The van der Waals surface area contributed by atoms with E-state index in [-0.39, 0.29) is 18.2 Å². The smallest absolute Gasteiger partial charge is 0.336 e. The molecule has 0 N–H and O–H groups in total. The molecule has 0 radical (unpaired) electrons. The molecular formula is C21H20N2O4. The molecule has 1 atom stereocenters. The zero-order valence-corrected chi connectivity index (χ0v) is 15.2. The second-order valence-electron chi connectivity index (χ2n) is 6.22. The Morgan fingerprint density at radius 1 is 1.15 bits per heavy atom. The van der Waals surface area contributed by atoms with Crippen LogP contribution in [-0.2, 0) is 9.53 Å². The minimum Gasteiger partial charge on any atom is -0.463 e. The van der Waals surface area contributed by atoms with Gasteiger partial charge in [-0.05, 0) is 31.5 Å². The van der Waals surface area contributed by atoms with E-state index in [2.05, 4.69) is 0 Å². The molecule has 0 aliphatic carbocycles. The molecule has 0 bridgehead atoms. The van der Waals surface area contributed by atoms with Crippen LogP contribution < -0.4 is 4.90 Å². The topological polar surface area (TPSA) is 72.7 Å². The Balaban J connectivity index is 1.95. The van der Waals surface area contributed by atoms with E-state index in [1.54, 1.807) is 25.3 Å². The van der Waals surface area contributed by atoms with Crippen LogP contribution in [0, 0.1) is 17.0 Å². The molecule has 27 heavy (non-hydrogen) atoms. The van der Waals surface area contributed by atoms with Crippen LogP contribution in [0.3, 0.4) is 0 Å². The van der Waals surface area contributed by atoms with Crippen molar-refractivity contribution in [2.75, 3.05) is 11.5 Å². The standard InChI is InChI=1S/C21H20N2O4/c1-3-27-21(24)20-14-22(17-8-4-15(2)5-9-17)13-12-19(20)16-6-10-18(11-7-16)23(25)26/h4-14,19H,3H2,1-2H3. The van der Waals surface area contributed by atoms with Crippen molar-refractivity contribution in [1.82, 2.24) is 0 Å². The van der Waals surface area contributed by atoms with E-state index in [4.69, 9.17) is 4.74 Å². The maximum Gasteiger partial charge on any atom is 0.336 e. The fourth-order valence-corrected chi connectivity index (χ4v) is 2.92. The highest BCUT2D eigenvalue weighted by molar-refractivity contribution is 5.92. The number of nitrogens with zero attached hydrogens (tertiary/aromatic N) is 2. The van der Waals surface area contributed by atoms with Crippen molar-refractivity contribution in [3.8, 4) is 0 Å². The highest BCUT2D eigenvalue weighted by Crippen LogP contribution is 2.33. The lowest BCUT2D eigenvalue weighted by molar-refractivity contribution is -0.384. The number of nitro benzene ring substituents is 1. The molecule has 0 saturated carbocycles. The maximum absolute atomic E-state index is 12.5. The van der Waals surface area contributed by atoms with Gasteiger partial charge in [0.05, 0.1) is 17.1 Å². The highest BCUT2D eigenvalue weighted by atomic mass is 16.6. The summed E-state index contributed by atoms with van der Waals surface area (Å²) in [6.45, 7) is 4.05. The second-order valence-corrected chi connectivity index (χ2v) is 6.22. The van der Waals surface area contributed by atoms with E-state index in [0.29, 0.717) is 5.57 Å². The van der Waals surface area contributed by atoms with Gasteiger partial charge in [0.1, 0.15) is 0 Å². The first kappa shape index (κ1) is 18.4. The SMILES string of the molecule is CCOC(=O)C1=CN(c2ccc(C)cc2)C=CC1c1ccc([N+](=O)[O-])cc1. The summed E-state index contributed by atoms with van der Waals surface area (Å²) in [5.41, 5.74) is 3.37. The Kier molecular flexibility index (Phi) is 5.35. The molecule has 0 fully saturated rings. The summed E-state index contributed by atoms with van der Waals surface area (Å²) in [6, 6.07) is 14.2. The van der Waals surface area contributed by atoms with Gasteiger partial charge in [-0.1, -0.05) is 35.9 Å². The lowest BCUT2D eigenvalue weighted by Crippen LogP contribution is -2.22. The molecule has 3 rings (SSSR count). The summed E-state index contributed by atoms with van der Waals surface area (Å²) in [7, 11) is 0.